The Morgan fingerprint density at radius 1 is 0.920 bits per heavy atom. The van der Waals surface area contributed by atoms with Gasteiger partial charge in [0.25, 0.3) is 0 Å². The average Bonchev–Trinajstić information content (AvgIpc) is 2.46. The SMILES string of the molecule is CC(=O)OCC(OC(SC(C)=O)[C@H](CN)OC(C)=O)[C@@H](C)OC(C)=O. The van der Waals surface area contributed by atoms with Gasteiger partial charge in [0.05, 0.1) is 0 Å². The summed E-state index contributed by atoms with van der Waals surface area (Å²) in [6, 6.07) is 0. The van der Waals surface area contributed by atoms with Gasteiger partial charge >= 0.3 is 17.9 Å². The lowest BCUT2D eigenvalue weighted by Gasteiger charge is -2.31. The summed E-state index contributed by atoms with van der Waals surface area (Å²) in [4.78, 5) is 44.9. The van der Waals surface area contributed by atoms with Crippen LogP contribution in [0, 0.1) is 0 Å². The van der Waals surface area contributed by atoms with E-state index in [0.717, 1.165) is 11.8 Å². The smallest absolute Gasteiger partial charge is 0.303 e. The second-order valence-corrected chi connectivity index (χ2v) is 6.43. The maximum Gasteiger partial charge on any atom is 0.303 e. The molecule has 0 aromatic heterocycles. The normalized spacial score (nSPS) is 15.4. The monoisotopic (exact) mass is 379 g/mol. The van der Waals surface area contributed by atoms with Crippen molar-refractivity contribution in [2.24, 2.45) is 5.73 Å². The summed E-state index contributed by atoms with van der Waals surface area (Å²) in [5, 5.41) is -0.290. The molecule has 0 aliphatic carbocycles. The van der Waals surface area contributed by atoms with Crippen LogP contribution in [0.25, 0.3) is 0 Å². The van der Waals surface area contributed by atoms with E-state index >= 15 is 0 Å². The van der Waals surface area contributed by atoms with Crippen molar-refractivity contribution < 1.29 is 38.1 Å². The predicted molar refractivity (Wildman–Crippen MR) is 89.4 cm³/mol. The van der Waals surface area contributed by atoms with E-state index in [0.29, 0.717) is 0 Å². The minimum Gasteiger partial charge on any atom is -0.463 e. The molecule has 0 aromatic rings. The molecule has 0 bridgehead atoms. The molecular weight excluding hydrogens is 354 g/mol. The van der Waals surface area contributed by atoms with Crippen molar-refractivity contribution in [2.75, 3.05) is 13.2 Å². The first-order chi connectivity index (χ1) is 11.6. The van der Waals surface area contributed by atoms with Crippen LogP contribution in [-0.4, -0.2) is 59.9 Å². The molecule has 4 atom stereocenters. The van der Waals surface area contributed by atoms with Gasteiger partial charge in [-0.05, 0) is 6.92 Å². The molecular formula is C15H25NO8S. The first-order valence-electron chi connectivity index (χ1n) is 7.57. The van der Waals surface area contributed by atoms with E-state index < -0.39 is 41.7 Å². The Labute approximate surface area is 150 Å². The van der Waals surface area contributed by atoms with Crippen LogP contribution < -0.4 is 5.73 Å². The van der Waals surface area contributed by atoms with Gasteiger partial charge in [0.2, 0.25) is 0 Å². The second kappa shape index (κ2) is 11.8. The molecule has 0 amide bonds. The predicted octanol–water partition coefficient (Wildman–Crippen LogP) is 0.383. The van der Waals surface area contributed by atoms with E-state index in [1.165, 1.54) is 27.7 Å². The van der Waals surface area contributed by atoms with Crippen molar-refractivity contribution in [2.45, 2.75) is 58.4 Å². The number of ether oxygens (including phenoxy) is 4. The highest BCUT2D eigenvalue weighted by Crippen LogP contribution is 2.23. The fraction of sp³-hybridized carbons (Fsp3) is 0.733. The van der Waals surface area contributed by atoms with Crippen molar-refractivity contribution in [1.29, 1.82) is 0 Å². The van der Waals surface area contributed by atoms with Crippen LogP contribution in [0.5, 0.6) is 0 Å². The molecule has 0 saturated carbocycles. The number of carbonyl (C=O) groups is 4. The van der Waals surface area contributed by atoms with Gasteiger partial charge in [-0.2, -0.15) is 0 Å². The Morgan fingerprint density at radius 2 is 1.48 bits per heavy atom. The van der Waals surface area contributed by atoms with E-state index in [4.69, 9.17) is 24.7 Å². The lowest BCUT2D eigenvalue weighted by molar-refractivity contribution is -0.169. The van der Waals surface area contributed by atoms with E-state index in [2.05, 4.69) is 0 Å². The van der Waals surface area contributed by atoms with Crippen molar-refractivity contribution in [3.05, 3.63) is 0 Å². The fourth-order valence-electron chi connectivity index (χ4n) is 1.78. The Morgan fingerprint density at radius 3 is 1.88 bits per heavy atom. The summed E-state index contributed by atoms with van der Waals surface area (Å²) in [5.74, 6) is -1.68. The Bertz CT molecular complexity index is 484. The largest absolute Gasteiger partial charge is 0.463 e. The van der Waals surface area contributed by atoms with E-state index in [1.54, 1.807) is 6.92 Å². The molecule has 0 aliphatic heterocycles. The van der Waals surface area contributed by atoms with E-state index in [-0.39, 0.29) is 18.3 Å². The minimum atomic E-state index is -0.954. The lowest BCUT2D eigenvalue weighted by Crippen LogP contribution is -2.44. The molecule has 10 heteroatoms. The lowest BCUT2D eigenvalue weighted by atomic mass is 10.2. The Balaban J connectivity index is 5.30. The molecule has 2 unspecified atom stereocenters. The maximum absolute atomic E-state index is 11.5. The third-order valence-corrected chi connectivity index (χ3v) is 3.75. The summed E-state index contributed by atoms with van der Waals surface area (Å²) in [6.07, 6.45) is -2.56. The van der Waals surface area contributed by atoms with Crippen LogP contribution in [0.4, 0.5) is 0 Å². The van der Waals surface area contributed by atoms with Gasteiger partial charge < -0.3 is 24.7 Å². The summed E-state index contributed by atoms with van der Waals surface area (Å²) < 4.78 is 20.8. The second-order valence-electron chi connectivity index (χ2n) is 5.15. The van der Waals surface area contributed by atoms with Crippen LogP contribution in [-0.2, 0) is 38.1 Å². The molecule has 0 heterocycles. The fourth-order valence-corrected chi connectivity index (χ4v) is 2.62. The zero-order chi connectivity index (χ0) is 19.6. The molecule has 0 radical (unpaired) electrons. The van der Waals surface area contributed by atoms with Gasteiger partial charge in [-0.3, -0.25) is 19.2 Å². The quantitative estimate of drug-likeness (QED) is 0.323. The van der Waals surface area contributed by atoms with Gasteiger partial charge in [0.1, 0.15) is 30.4 Å². The summed E-state index contributed by atoms with van der Waals surface area (Å²) in [6.45, 7) is 6.21. The van der Waals surface area contributed by atoms with Crippen molar-refractivity contribution in [3.63, 3.8) is 0 Å². The first-order valence-corrected chi connectivity index (χ1v) is 8.45. The molecule has 25 heavy (non-hydrogen) atoms. The van der Waals surface area contributed by atoms with Gasteiger partial charge in [-0.15, -0.1) is 0 Å². The molecule has 0 spiro atoms. The maximum atomic E-state index is 11.5. The molecule has 2 N–H and O–H groups in total. The molecule has 144 valence electrons. The number of carbonyl (C=O) groups excluding carboxylic acids is 4. The molecule has 0 fully saturated rings. The topological polar surface area (TPSA) is 131 Å². The molecule has 0 rings (SSSR count). The molecule has 0 saturated heterocycles. The number of hydrogen-bond acceptors (Lipinski definition) is 10. The van der Waals surface area contributed by atoms with Crippen LogP contribution in [0.15, 0.2) is 0 Å². The molecule has 0 aromatic carbocycles. The van der Waals surface area contributed by atoms with Crippen molar-refractivity contribution in [3.8, 4) is 0 Å². The standard InChI is InChI=1S/C15H25NO8S/c1-8(22-10(3)18)14(7-21-9(2)17)24-15(25-12(5)20)13(6-16)23-11(4)19/h8,13-15H,6-7,16H2,1-5H3/t8-,13+,14?,15?/m1/s1. The van der Waals surface area contributed by atoms with Crippen molar-refractivity contribution in [1.82, 2.24) is 0 Å². The number of nitrogens with two attached hydrogens (primary N) is 1. The molecule has 0 aliphatic rings. The third-order valence-electron chi connectivity index (χ3n) is 2.77. The number of hydrogen-bond donors (Lipinski definition) is 1. The highest BCUT2D eigenvalue weighted by Gasteiger charge is 2.33. The summed E-state index contributed by atoms with van der Waals surface area (Å²) >= 11 is 0.774. The van der Waals surface area contributed by atoms with Crippen LogP contribution in [0.2, 0.25) is 0 Å². The third kappa shape index (κ3) is 10.7. The van der Waals surface area contributed by atoms with Gasteiger partial charge in [0.15, 0.2) is 5.12 Å². The number of thioether (sulfide) groups is 1. The van der Waals surface area contributed by atoms with Gasteiger partial charge in [-0.1, -0.05) is 11.8 Å². The van der Waals surface area contributed by atoms with E-state index in [1.807, 2.05) is 0 Å². The Hall–Kier alpha value is -1.65. The zero-order valence-corrected chi connectivity index (χ0v) is 15.8. The average molecular weight is 379 g/mol. The highest BCUT2D eigenvalue weighted by molar-refractivity contribution is 8.14. The van der Waals surface area contributed by atoms with Gasteiger partial charge in [-0.25, -0.2) is 0 Å². The van der Waals surface area contributed by atoms with E-state index in [9.17, 15) is 19.2 Å². The number of rotatable bonds is 10. The summed E-state index contributed by atoms with van der Waals surface area (Å²) in [7, 11) is 0. The summed E-state index contributed by atoms with van der Waals surface area (Å²) in [5.41, 5.74) is 4.65. The molecule has 9 nitrogen and oxygen atoms in total. The zero-order valence-electron chi connectivity index (χ0n) is 15.0. The number of esters is 3. The van der Waals surface area contributed by atoms with Crippen LogP contribution in [0.3, 0.4) is 0 Å². The van der Waals surface area contributed by atoms with Gasteiger partial charge in [0, 0.05) is 34.2 Å². The van der Waals surface area contributed by atoms with Crippen molar-refractivity contribution >= 4 is 34.8 Å². The van der Waals surface area contributed by atoms with Crippen LogP contribution >= 0.6 is 11.8 Å². The van der Waals surface area contributed by atoms with Crippen LogP contribution in [0.1, 0.15) is 34.6 Å². The Kier molecular flexibility index (Phi) is 11.0. The highest BCUT2D eigenvalue weighted by atomic mass is 32.2. The minimum absolute atomic E-state index is 0.0905. The first kappa shape index (κ1) is 23.4.